The average molecular weight is 549 g/mol. The van der Waals surface area contributed by atoms with E-state index in [0.29, 0.717) is 28.6 Å². The van der Waals surface area contributed by atoms with Crippen molar-refractivity contribution in [2.75, 3.05) is 28.4 Å². The Morgan fingerprint density at radius 1 is 0.925 bits per heavy atom. The zero-order valence-electron chi connectivity index (χ0n) is 23.4. The van der Waals surface area contributed by atoms with Crippen molar-refractivity contribution < 1.29 is 28.5 Å². The molecule has 1 aliphatic rings. The summed E-state index contributed by atoms with van der Waals surface area (Å²) in [6.07, 6.45) is 9.35. The molecule has 3 aromatic rings. The topological polar surface area (TPSA) is 112 Å². The van der Waals surface area contributed by atoms with Gasteiger partial charge in [0.15, 0.2) is 11.5 Å². The van der Waals surface area contributed by atoms with Crippen molar-refractivity contribution in [1.82, 2.24) is 20.2 Å². The highest BCUT2D eigenvalue weighted by Crippen LogP contribution is 2.41. The molecule has 2 amide bonds. The van der Waals surface area contributed by atoms with E-state index in [1.807, 2.05) is 24.3 Å². The molecule has 0 unspecified atom stereocenters. The van der Waals surface area contributed by atoms with E-state index in [1.165, 1.54) is 44.8 Å². The van der Waals surface area contributed by atoms with E-state index in [1.54, 1.807) is 19.2 Å². The van der Waals surface area contributed by atoms with Gasteiger partial charge in [0.2, 0.25) is 11.7 Å². The van der Waals surface area contributed by atoms with Crippen molar-refractivity contribution in [3.05, 3.63) is 71.8 Å². The molecule has 40 heavy (non-hydrogen) atoms. The van der Waals surface area contributed by atoms with Crippen LogP contribution in [0.5, 0.6) is 23.0 Å². The highest BCUT2D eigenvalue weighted by atomic mass is 16.5. The molecule has 0 radical (unpaired) electrons. The number of methoxy groups -OCH3 is 4. The number of nitrogens with one attached hydrogen (secondary N) is 1. The molecule has 0 spiro atoms. The molecule has 1 aromatic heterocycles. The fourth-order valence-electron chi connectivity index (χ4n) is 5.11. The number of carbonyl (C=O) groups excluding carboxylic acids is 2. The maximum absolute atomic E-state index is 14.2. The van der Waals surface area contributed by atoms with Crippen molar-refractivity contribution in [3.8, 4) is 23.0 Å². The fraction of sp³-hybridized carbons (Fsp3) is 0.400. The molecule has 1 fully saturated rings. The molecule has 0 saturated heterocycles. The van der Waals surface area contributed by atoms with Crippen LogP contribution in [0.3, 0.4) is 0 Å². The SMILES string of the molecule is COc1ccccc1CN(C(=O)c1cnccn1)[C@@H](C(=O)NC1CCCCC1)c1cc(OC)c(OC)c(OC)c1. The summed E-state index contributed by atoms with van der Waals surface area (Å²) in [7, 11) is 6.10. The molecule has 1 heterocycles. The molecule has 1 atom stereocenters. The minimum absolute atomic E-state index is 0.0190. The van der Waals surface area contributed by atoms with E-state index in [0.717, 1.165) is 37.7 Å². The maximum atomic E-state index is 14.2. The summed E-state index contributed by atoms with van der Waals surface area (Å²) in [5, 5.41) is 3.21. The Kier molecular flexibility index (Phi) is 9.77. The van der Waals surface area contributed by atoms with Crippen LogP contribution in [0, 0.1) is 0 Å². The third-order valence-electron chi connectivity index (χ3n) is 7.09. The van der Waals surface area contributed by atoms with Crippen molar-refractivity contribution in [2.45, 2.75) is 50.7 Å². The first-order valence-corrected chi connectivity index (χ1v) is 13.3. The molecule has 2 aromatic carbocycles. The number of rotatable bonds is 11. The van der Waals surface area contributed by atoms with E-state index in [-0.39, 0.29) is 24.2 Å². The van der Waals surface area contributed by atoms with Gasteiger partial charge >= 0.3 is 0 Å². The highest BCUT2D eigenvalue weighted by molar-refractivity contribution is 5.96. The van der Waals surface area contributed by atoms with Crippen LogP contribution in [0.4, 0.5) is 0 Å². The van der Waals surface area contributed by atoms with Crippen molar-refractivity contribution >= 4 is 11.8 Å². The van der Waals surface area contributed by atoms with Crippen molar-refractivity contribution in [1.29, 1.82) is 0 Å². The van der Waals surface area contributed by atoms with Gasteiger partial charge in [-0.05, 0) is 36.6 Å². The van der Waals surface area contributed by atoms with Crippen LogP contribution < -0.4 is 24.3 Å². The van der Waals surface area contributed by atoms with E-state index in [9.17, 15) is 9.59 Å². The maximum Gasteiger partial charge on any atom is 0.275 e. The third kappa shape index (κ3) is 6.44. The van der Waals surface area contributed by atoms with Crippen LogP contribution in [0.2, 0.25) is 0 Å². The first-order chi connectivity index (χ1) is 19.5. The lowest BCUT2D eigenvalue weighted by Gasteiger charge is -2.34. The Morgan fingerprint density at radius 2 is 1.60 bits per heavy atom. The third-order valence-corrected chi connectivity index (χ3v) is 7.09. The lowest BCUT2D eigenvalue weighted by Crippen LogP contribution is -2.47. The number of carbonyl (C=O) groups is 2. The van der Waals surface area contributed by atoms with Gasteiger partial charge in [0.1, 0.15) is 17.5 Å². The lowest BCUT2D eigenvalue weighted by atomic mass is 9.94. The van der Waals surface area contributed by atoms with Crippen LogP contribution in [0.15, 0.2) is 55.0 Å². The molecule has 10 heteroatoms. The van der Waals surface area contributed by atoms with Gasteiger partial charge in [-0.25, -0.2) is 4.98 Å². The number of nitrogens with zero attached hydrogens (tertiary/aromatic N) is 3. The number of ether oxygens (including phenoxy) is 4. The molecule has 10 nitrogen and oxygen atoms in total. The van der Waals surface area contributed by atoms with Gasteiger partial charge in [0.25, 0.3) is 5.91 Å². The van der Waals surface area contributed by atoms with Crippen LogP contribution in [0.25, 0.3) is 0 Å². The summed E-state index contributed by atoms with van der Waals surface area (Å²) >= 11 is 0. The second-order valence-electron chi connectivity index (χ2n) is 9.54. The Bertz CT molecular complexity index is 1270. The number of amides is 2. The zero-order chi connectivity index (χ0) is 28.5. The summed E-state index contributed by atoms with van der Waals surface area (Å²) in [5.41, 5.74) is 1.33. The van der Waals surface area contributed by atoms with Gasteiger partial charge in [-0.1, -0.05) is 37.5 Å². The number of hydrogen-bond donors (Lipinski definition) is 1. The highest BCUT2D eigenvalue weighted by Gasteiger charge is 2.36. The summed E-state index contributed by atoms with van der Waals surface area (Å²) in [5.74, 6) is 0.949. The summed E-state index contributed by atoms with van der Waals surface area (Å²) < 4.78 is 22.3. The average Bonchev–Trinajstić information content (AvgIpc) is 3.00. The monoisotopic (exact) mass is 548 g/mol. The van der Waals surface area contributed by atoms with Gasteiger partial charge in [0.05, 0.1) is 41.2 Å². The molecule has 1 N–H and O–H groups in total. The molecule has 4 rings (SSSR count). The largest absolute Gasteiger partial charge is 0.496 e. The zero-order valence-corrected chi connectivity index (χ0v) is 23.4. The molecule has 0 bridgehead atoms. The first-order valence-electron chi connectivity index (χ1n) is 13.3. The van der Waals surface area contributed by atoms with Crippen LogP contribution in [0.1, 0.15) is 59.8 Å². The summed E-state index contributed by atoms with van der Waals surface area (Å²) in [4.78, 5) is 38.1. The van der Waals surface area contributed by atoms with E-state index >= 15 is 0 Å². The fourth-order valence-corrected chi connectivity index (χ4v) is 5.11. The van der Waals surface area contributed by atoms with Gasteiger partial charge in [0, 0.05) is 24.0 Å². The number of benzene rings is 2. The van der Waals surface area contributed by atoms with Gasteiger partial charge in [-0.15, -0.1) is 0 Å². The second kappa shape index (κ2) is 13.6. The van der Waals surface area contributed by atoms with Gasteiger partial charge in [-0.2, -0.15) is 0 Å². The number of hydrogen-bond acceptors (Lipinski definition) is 8. The minimum atomic E-state index is -1.06. The standard InChI is InChI=1S/C30H36N4O6/c1-37-24-13-9-8-10-20(24)19-34(30(36)23-18-31-14-15-32-23)27(29(35)33-22-11-6-5-7-12-22)21-16-25(38-2)28(40-4)26(17-21)39-3/h8-10,13-18,22,27H,5-7,11-12,19H2,1-4H3,(H,33,35)/t27-/m1/s1. The predicted octanol–water partition coefficient (Wildman–Crippen LogP) is 4.34. The quantitative estimate of drug-likeness (QED) is 0.377. The van der Waals surface area contributed by atoms with E-state index < -0.39 is 11.9 Å². The smallest absolute Gasteiger partial charge is 0.275 e. The van der Waals surface area contributed by atoms with Crippen LogP contribution >= 0.6 is 0 Å². The normalized spacial score (nSPS) is 14.1. The molecule has 0 aliphatic heterocycles. The molecule has 1 saturated carbocycles. The Hall–Kier alpha value is -4.34. The minimum Gasteiger partial charge on any atom is -0.496 e. The summed E-state index contributed by atoms with van der Waals surface area (Å²) in [6.45, 7) is 0.0683. The molecule has 1 aliphatic carbocycles. The van der Waals surface area contributed by atoms with Gasteiger partial charge < -0.3 is 29.2 Å². The van der Waals surface area contributed by atoms with Crippen LogP contribution in [-0.4, -0.2) is 61.2 Å². The van der Waals surface area contributed by atoms with Crippen molar-refractivity contribution in [2.24, 2.45) is 0 Å². The predicted molar refractivity (Wildman–Crippen MR) is 149 cm³/mol. The Morgan fingerprint density at radius 3 is 2.20 bits per heavy atom. The summed E-state index contributed by atoms with van der Waals surface area (Å²) in [6, 6.07) is 9.75. The lowest BCUT2D eigenvalue weighted by molar-refractivity contribution is -0.127. The van der Waals surface area contributed by atoms with E-state index in [2.05, 4.69) is 15.3 Å². The number of para-hydroxylation sites is 1. The Labute approximate surface area is 234 Å². The number of aromatic nitrogens is 2. The van der Waals surface area contributed by atoms with Gasteiger partial charge in [-0.3, -0.25) is 14.6 Å². The van der Waals surface area contributed by atoms with Crippen molar-refractivity contribution in [3.63, 3.8) is 0 Å². The molecule has 212 valence electrons. The Balaban J connectivity index is 1.87. The molecular weight excluding hydrogens is 512 g/mol. The molecular formula is C30H36N4O6. The second-order valence-corrected chi connectivity index (χ2v) is 9.54. The first kappa shape index (κ1) is 28.7. The van der Waals surface area contributed by atoms with Crippen LogP contribution in [-0.2, 0) is 11.3 Å². The van der Waals surface area contributed by atoms with E-state index in [4.69, 9.17) is 18.9 Å².